The maximum atomic E-state index is 13.3. The van der Waals surface area contributed by atoms with E-state index in [0.29, 0.717) is 24.2 Å². The summed E-state index contributed by atoms with van der Waals surface area (Å²) in [6.07, 6.45) is 10.6. The first-order valence-electron chi connectivity index (χ1n) is 9.77. The zero-order valence-corrected chi connectivity index (χ0v) is 17.4. The van der Waals surface area contributed by atoms with E-state index >= 15 is 0 Å². The number of phenols is 1. The first-order chi connectivity index (χ1) is 15.0. The van der Waals surface area contributed by atoms with Crippen LogP contribution in [0.15, 0.2) is 72.2 Å². The molecule has 3 rings (SSSR count). The normalized spacial score (nSPS) is 13.8. The molecule has 0 radical (unpaired) electrons. The summed E-state index contributed by atoms with van der Waals surface area (Å²) >= 11 is 0. The van der Waals surface area contributed by atoms with Crippen molar-refractivity contribution in [2.24, 2.45) is 0 Å². The van der Waals surface area contributed by atoms with Crippen molar-refractivity contribution < 1.29 is 23.8 Å². The summed E-state index contributed by atoms with van der Waals surface area (Å²) in [4.78, 5) is 12.1. The van der Waals surface area contributed by atoms with E-state index in [4.69, 9.17) is 9.47 Å². The number of ketones is 1. The molecule has 2 aromatic carbocycles. The quantitative estimate of drug-likeness (QED) is 0.426. The van der Waals surface area contributed by atoms with Gasteiger partial charge in [0.05, 0.1) is 14.2 Å². The first kappa shape index (κ1) is 21.9. The number of allylic oxidation sites excluding steroid dienone is 5. The molecule has 0 unspecified atom stereocenters. The van der Waals surface area contributed by atoms with Crippen molar-refractivity contribution in [1.29, 1.82) is 0 Å². The van der Waals surface area contributed by atoms with Crippen molar-refractivity contribution in [2.45, 2.75) is 12.8 Å². The van der Waals surface area contributed by atoms with Crippen molar-refractivity contribution in [3.8, 4) is 17.2 Å². The van der Waals surface area contributed by atoms with Crippen molar-refractivity contribution in [2.75, 3.05) is 19.5 Å². The van der Waals surface area contributed by atoms with Gasteiger partial charge >= 0.3 is 0 Å². The molecular formula is C25H24FNO4. The fraction of sp³-hybridized carbons (Fsp3) is 0.160. The van der Waals surface area contributed by atoms with Crippen molar-refractivity contribution in [3.63, 3.8) is 0 Å². The number of ether oxygens (including phenoxy) is 2. The van der Waals surface area contributed by atoms with E-state index in [0.717, 1.165) is 16.8 Å². The van der Waals surface area contributed by atoms with Crippen LogP contribution in [0, 0.1) is 0 Å². The number of phenolic OH excluding ortho intramolecular Hbond substituents is 1. The lowest BCUT2D eigenvalue weighted by Crippen LogP contribution is -2.01. The Hall–Kier alpha value is -3.80. The molecule has 0 aromatic heterocycles. The van der Waals surface area contributed by atoms with Gasteiger partial charge in [0.2, 0.25) is 5.75 Å². The average Bonchev–Trinajstić information content (AvgIpc) is 2.77. The zero-order valence-electron chi connectivity index (χ0n) is 17.4. The van der Waals surface area contributed by atoms with Crippen LogP contribution >= 0.6 is 0 Å². The van der Waals surface area contributed by atoms with Gasteiger partial charge in [0.1, 0.15) is 5.83 Å². The maximum Gasteiger partial charge on any atom is 0.203 e. The molecule has 0 aliphatic heterocycles. The Labute approximate surface area is 180 Å². The predicted octanol–water partition coefficient (Wildman–Crippen LogP) is 5.65. The molecule has 2 aromatic rings. The van der Waals surface area contributed by atoms with Gasteiger partial charge in [0.25, 0.3) is 0 Å². The van der Waals surface area contributed by atoms with Gasteiger partial charge in [-0.15, -0.1) is 0 Å². The van der Waals surface area contributed by atoms with Gasteiger partial charge in [0, 0.05) is 30.0 Å². The highest BCUT2D eigenvalue weighted by molar-refractivity contribution is 6.06. The minimum Gasteiger partial charge on any atom is -0.504 e. The molecule has 5 nitrogen and oxygen atoms in total. The number of carbonyl (C=O) groups excluding carboxylic acids is 1. The number of aromatic hydroxyl groups is 1. The van der Waals surface area contributed by atoms with E-state index < -0.39 is 0 Å². The highest BCUT2D eigenvalue weighted by atomic mass is 19.1. The number of methoxy groups -OCH3 is 2. The fourth-order valence-corrected chi connectivity index (χ4v) is 3.13. The molecule has 0 fully saturated rings. The Morgan fingerprint density at radius 2 is 1.94 bits per heavy atom. The number of nitrogens with one attached hydrogen (secondary N) is 1. The summed E-state index contributed by atoms with van der Waals surface area (Å²) < 4.78 is 23.7. The topological polar surface area (TPSA) is 67.8 Å². The molecule has 0 bridgehead atoms. The molecule has 0 atom stereocenters. The van der Waals surface area contributed by atoms with E-state index in [1.165, 1.54) is 26.4 Å². The number of hydrogen-bond donors (Lipinski definition) is 2. The fourth-order valence-electron chi connectivity index (χ4n) is 3.13. The van der Waals surface area contributed by atoms with Gasteiger partial charge in [-0.25, -0.2) is 4.39 Å². The second-order valence-corrected chi connectivity index (χ2v) is 6.87. The Balaban J connectivity index is 1.67. The standard InChI is InChI=1S/C25H24FNO4/c1-30-24-15-18(14-23(29)25(24)31-2)10-9-17-5-3-8-21(13-17)27-12-11-22(28)19-6-4-7-20(26)16-19/h3,5-6,8-16,27,29H,4,7H2,1-2H3/b10-9-,12-11-. The molecule has 0 saturated carbocycles. The van der Waals surface area contributed by atoms with Gasteiger partial charge in [-0.2, -0.15) is 0 Å². The number of hydrogen-bond acceptors (Lipinski definition) is 5. The third kappa shape index (κ3) is 5.85. The third-order valence-electron chi connectivity index (χ3n) is 4.67. The average molecular weight is 421 g/mol. The second kappa shape index (κ2) is 10.3. The summed E-state index contributed by atoms with van der Waals surface area (Å²) in [5.41, 5.74) is 2.83. The SMILES string of the molecule is COc1cc(/C=C\c2cccc(N/C=C\C(=O)C3=CCCC(F)=C3)c2)cc(O)c1OC. The Bertz CT molecular complexity index is 1080. The van der Waals surface area contributed by atoms with Crippen molar-refractivity contribution >= 4 is 23.6 Å². The molecule has 31 heavy (non-hydrogen) atoms. The lowest BCUT2D eigenvalue weighted by molar-refractivity contribution is -0.111. The van der Waals surface area contributed by atoms with Crippen LogP contribution in [0.5, 0.6) is 17.2 Å². The molecule has 0 heterocycles. The molecule has 6 heteroatoms. The van der Waals surface area contributed by atoms with E-state index in [-0.39, 0.29) is 23.1 Å². The molecule has 2 N–H and O–H groups in total. The molecular weight excluding hydrogens is 397 g/mol. The summed E-state index contributed by atoms with van der Waals surface area (Å²) in [5, 5.41) is 13.1. The molecule has 1 aliphatic carbocycles. The number of halogens is 1. The molecule has 0 saturated heterocycles. The van der Waals surface area contributed by atoms with Gasteiger partial charge in [-0.3, -0.25) is 4.79 Å². The second-order valence-electron chi connectivity index (χ2n) is 6.87. The number of benzene rings is 2. The predicted molar refractivity (Wildman–Crippen MR) is 121 cm³/mol. The molecule has 0 spiro atoms. The maximum absolute atomic E-state index is 13.3. The van der Waals surface area contributed by atoms with Crippen LogP contribution < -0.4 is 14.8 Å². The highest BCUT2D eigenvalue weighted by Gasteiger charge is 2.11. The largest absolute Gasteiger partial charge is 0.504 e. The Morgan fingerprint density at radius 3 is 2.68 bits per heavy atom. The Morgan fingerprint density at radius 1 is 1.13 bits per heavy atom. The molecule has 1 aliphatic rings. The summed E-state index contributed by atoms with van der Waals surface area (Å²) in [6, 6.07) is 10.9. The van der Waals surface area contributed by atoms with Gasteiger partial charge in [-0.05, 0) is 47.9 Å². The summed E-state index contributed by atoms with van der Waals surface area (Å²) in [5.74, 6) is 0.209. The van der Waals surface area contributed by atoms with Crippen LogP contribution in [0.25, 0.3) is 12.2 Å². The van der Waals surface area contributed by atoms with Crippen molar-refractivity contribution in [3.05, 3.63) is 83.4 Å². The number of rotatable bonds is 8. The van der Waals surface area contributed by atoms with E-state index in [2.05, 4.69) is 5.32 Å². The zero-order chi connectivity index (χ0) is 22.2. The molecule has 160 valence electrons. The lowest BCUT2D eigenvalue weighted by Gasteiger charge is -2.10. The monoisotopic (exact) mass is 421 g/mol. The Kier molecular flexibility index (Phi) is 7.27. The van der Waals surface area contributed by atoms with Crippen LogP contribution in [0.1, 0.15) is 24.0 Å². The van der Waals surface area contributed by atoms with Crippen LogP contribution in [0.4, 0.5) is 10.1 Å². The van der Waals surface area contributed by atoms with Gasteiger partial charge < -0.3 is 19.9 Å². The van der Waals surface area contributed by atoms with Crippen LogP contribution in [-0.4, -0.2) is 25.1 Å². The first-order valence-corrected chi connectivity index (χ1v) is 9.77. The van der Waals surface area contributed by atoms with E-state index in [1.807, 2.05) is 36.4 Å². The minimum absolute atomic E-state index is 0.00507. The number of anilines is 1. The lowest BCUT2D eigenvalue weighted by atomic mass is 10.0. The smallest absolute Gasteiger partial charge is 0.203 e. The van der Waals surface area contributed by atoms with Gasteiger partial charge in [0.15, 0.2) is 17.3 Å². The van der Waals surface area contributed by atoms with Crippen LogP contribution in [0.3, 0.4) is 0 Å². The summed E-state index contributed by atoms with van der Waals surface area (Å²) in [6.45, 7) is 0. The number of carbonyl (C=O) groups is 1. The molecule has 0 amide bonds. The van der Waals surface area contributed by atoms with Crippen LogP contribution in [0.2, 0.25) is 0 Å². The third-order valence-corrected chi connectivity index (χ3v) is 4.67. The van der Waals surface area contributed by atoms with E-state index in [1.54, 1.807) is 24.4 Å². The summed E-state index contributed by atoms with van der Waals surface area (Å²) in [7, 11) is 2.98. The minimum atomic E-state index is -0.269. The van der Waals surface area contributed by atoms with Crippen LogP contribution in [-0.2, 0) is 4.79 Å². The van der Waals surface area contributed by atoms with E-state index in [9.17, 15) is 14.3 Å². The van der Waals surface area contributed by atoms with Crippen molar-refractivity contribution in [1.82, 2.24) is 0 Å². The highest BCUT2D eigenvalue weighted by Crippen LogP contribution is 2.37. The van der Waals surface area contributed by atoms with Gasteiger partial charge in [-0.1, -0.05) is 30.4 Å².